The molecule has 0 spiro atoms. The summed E-state index contributed by atoms with van der Waals surface area (Å²) in [6.45, 7) is 12.1. The van der Waals surface area contributed by atoms with Crippen LogP contribution in [0.1, 0.15) is 39.5 Å². The maximum atomic E-state index is 11.4. The molecular formula is C13H20O. The lowest BCUT2D eigenvalue weighted by molar-refractivity contribution is -0.116. The van der Waals surface area contributed by atoms with Crippen molar-refractivity contribution in [1.29, 1.82) is 0 Å². The number of rotatable bonds is 3. The molecule has 1 aliphatic rings. The second kappa shape index (κ2) is 4.12. The summed E-state index contributed by atoms with van der Waals surface area (Å²) in [6.07, 6.45) is 5.51. The predicted molar refractivity (Wildman–Crippen MR) is 60.1 cm³/mol. The van der Waals surface area contributed by atoms with Crippen molar-refractivity contribution >= 4 is 5.78 Å². The van der Waals surface area contributed by atoms with Crippen LogP contribution in [0.15, 0.2) is 24.8 Å². The highest BCUT2D eigenvalue weighted by Gasteiger charge is 2.35. The van der Waals surface area contributed by atoms with Crippen LogP contribution in [-0.4, -0.2) is 5.78 Å². The van der Waals surface area contributed by atoms with E-state index >= 15 is 0 Å². The van der Waals surface area contributed by atoms with Gasteiger partial charge in [0.05, 0.1) is 0 Å². The molecule has 0 aromatic heterocycles. The molecule has 1 saturated carbocycles. The van der Waals surface area contributed by atoms with Crippen molar-refractivity contribution in [2.45, 2.75) is 39.5 Å². The van der Waals surface area contributed by atoms with Crippen molar-refractivity contribution in [2.24, 2.45) is 11.3 Å². The highest BCUT2D eigenvalue weighted by molar-refractivity contribution is 5.89. The first kappa shape index (κ1) is 11.2. The third-order valence-corrected chi connectivity index (χ3v) is 3.39. The Kier molecular flexibility index (Phi) is 3.30. The van der Waals surface area contributed by atoms with Crippen LogP contribution in [0.25, 0.3) is 0 Å². The zero-order valence-corrected chi connectivity index (χ0v) is 9.31. The fourth-order valence-corrected chi connectivity index (χ4v) is 2.38. The zero-order chi connectivity index (χ0) is 10.8. The highest BCUT2D eigenvalue weighted by Crippen LogP contribution is 2.44. The molecule has 1 nitrogen and oxygen atoms in total. The van der Waals surface area contributed by atoms with Crippen LogP contribution < -0.4 is 0 Å². The van der Waals surface area contributed by atoms with Gasteiger partial charge >= 0.3 is 0 Å². The smallest absolute Gasteiger partial charge is 0.155 e. The average Bonchev–Trinajstić information content (AvgIpc) is 2.11. The van der Waals surface area contributed by atoms with E-state index in [1.807, 2.05) is 0 Å². The average molecular weight is 192 g/mol. The van der Waals surface area contributed by atoms with Gasteiger partial charge in [-0.1, -0.05) is 32.6 Å². The fourth-order valence-electron chi connectivity index (χ4n) is 2.38. The van der Waals surface area contributed by atoms with E-state index in [-0.39, 0.29) is 11.2 Å². The van der Waals surface area contributed by atoms with Gasteiger partial charge in [-0.25, -0.2) is 0 Å². The van der Waals surface area contributed by atoms with Crippen LogP contribution in [0, 0.1) is 11.3 Å². The summed E-state index contributed by atoms with van der Waals surface area (Å²) in [6, 6.07) is 0. The Bertz CT molecular complexity index is 260. The van der Waals surface area contributed by atoms with Crippen molar-refractivity contribution in [3.63, 3.8) is 0 Å². The fraction of sp³-hybridized carbons (Fsp3) is 0.615. The molecule has 1 aliphatic carbocycles. The van der Waals surface area contributed by atoms with Gasteiger partial charge < -0.3 is 0 Å². The van der Waals surface area contributed by atoms with Crippen LogP contribution in [0.3, 0.4) is 0 Å². The summed E-state index contributed by atoms with van der Waals surface area (Å²) in [5.41, 5.74) is 1.48. The lowest BCUT2D eigenvalue weighted by Gasteiger charge is -2.39. The molecule has 0 aliphatic heterocycles. The number of carbonyl (C=O) groups is 1. The van der Waals surface area contributed by atoms with Gasteiger partial charge in [0.1, 0.15) is 0 Å². The zero-order valence-electron chi connectivity index (χ0n) is 9.31. The van der Waals surface area contributed by atoms with E-state index in [2.05, 4.69) is 27.0 Å². The highest BCUT2D eigenvalue weighted by atomic mass is 16.1. The Labute approximate surface area is 86.9 Å². The second-order valence-electron chi connectivity index (χ2n) is 4.93. The minimum Gasteiger partial charge on any atom is -0.295 e. The van der Waals surface area contributed by atoms with Crippen molar-refractivity contribution in [1.82, 2.24) is 0 Å². The minimum atomic E-state index is 0.145. The number of ketones is 1. The molecular weight excluding hydrogens is 172 g/mol. The topological polar surface area (TPSA) is 17.1 Å². The summed E-state index contributed by atoms with van der Waals surface area (Å²) >= 11 is 0. The van der Waals surface area contributed by atoms with Crippen molar-refractivity contribution in [2.75, 3.05) is 0 Å². The molecule has 0 aromatic carbocycles. The van der Waals surface area contributed by atoms with E-state index in [1.54, 1.807) is 0 Å². The maximum Gasteiger partial charge on any atom is 0.155 e. The lowest BCUT2D eigenvalue weighted by atomic mass is 9.65. The van der Waals surface area contributed by atoms with E-state index in [9.17, 15) is 4.79 Å². The van der Waals surface area contributed by atoms with Gasteiger partial charge in [-0.3, -0.25) is 4.79 Å². The molecule has 78 valence electrons. The van der Waals surface area contributed by atoms with E-state index in [4.69, 9.17) is 0 Å². The van der Waals surface area contributed by atoms with Crippen LogP contribution in [-0.2, 0) is 4.79 Å². The van der Waals surface area contributed by atoms with Gasteiger partial charge in [-0.2, -0.15) is 0 Å². The van der Waals surface area contributed by atoms with Gasteiger partial charge in [0.25, 0.3) is 0 Å². The molecule has 0 saturated heterocycles. The van der Waals surface area contributed by atoms with Crippen molar-refractivity contribution < 1.29 is 4.79 Å². The number of hydrogen-bond donors (Lipinski definition) is 0. The summed E-state index contributed by atoms with van der Waals surface area (Å²) in [5.74, 6) is 0.493. The summed E-state index contributed by atoms with van der Waals surface area (Å²) in [7, 11) is 0. The molecule has 0 amide bonds. The predicted octanol–water partition coefficient (Wildman–Crippen LogP) is 3.51. The van der Waals surface area contributed by atoms with Crippen LogP contribution in [0.4, 0.5) is 0 Å². The molecule has 0 N–H and O–H groups in total. The lowest BCUT2D eigenvalue weighted by Crippen LogP contribution is -2.30. The van der Waals surface area contributed by atoms with Gasteiger partial charge in [0.15, 0.2) is 5.78 Å². The van der Waals surface area contributed by atoms with E-state index in [0.29, 0.717) is 12.3 Å². The Hall–Kier alpha value is -0.850. The van der Waals surface area contributed by atoms with Crippen molar-refractivity contribution in [3.8, 4) is 0 Å². The number of carbonyl (C=O) groups excluding carboxylic acids is 1. The van der Waals surface area contributed by atoms with Crippen LogP contribution in [0.2, 0.25) is 0 Å². The molecule has 0 heterocycles. The summed E-state index contributed by atoms with van der Waals surface area (Å²) in [4.78, 5) is 11.4. The SMILES string of the molecule is C=CC(=O)CC1C(=C)CCCC1(C)C. The molecule has 14 heavy (non-hydrogen) atoms. The normalized spacial score (nSPS) is 25.9. The first-order valence-electron chi connectivity index (χ1n) is 5.30. The molecule has 1 atom stereocenters. The molecule has 0 aromatic rings. The Balaban J connectivity index is 2.75. The van der Waals surface area contributed by atoms with Gasteiger partial charge in [0.2, 0.25) is 0 Å². The molecule has 1 fully saturated rings. The van der Waals surface area contributed by atoms with Gasteiger partial charge in [-0.05, 0) is 36.7 Å². The molecule has 1 rings (SSSR count). The third kappa shape index (κ3) is 2.34. The van der Waals surface area contributed by atoms with E-state index < -0.39 is 0 Å². The van der Waals surface area contributed by atoms with Crippen LogP contribution >= 0.6 is 0 Å². The molecule has 0 bridgehead atoms. The standard InChI is InChI=1S/C13H20O/c1-5-11(14)9-12-10(2)7-6-8-13(12,3)4/h5,12H,1-2,6-9H2,3-4H3. The molecule has 0 radical (unpaired) electrons. The van der Waals surface area contributed by atoms with Gasteiger partial charge in [-0.15, -0.1) is 0 Å². The van der Waals surface area contributed by atoms with Crippen LogP contribution in [0.5, 0.6) is 0 Å². The Morgan fingerprint density at radius 3 is 2.79 bits per heavy atom. The van der Waals surface area contributed by atoms with Gasteiger partial charge in [0, 0.05) is 6.42 Å². The minimum absolute atomic E-state index is 0.145. The Morgan fingerprint density at radius 1 is 1.64 bits per heavy atom. The number of hydrogen-bond acceptors (Lipinski definition) is 1. The van der Waals surface area contributed by atoms with E-state index in [0.717, 1.165) is 6.42 Å². The summed E-state index contributed by atoms with van der Waals surface area (Å²) < 4.78 is 0. The number of allylic oxidation sites excluding steroid dienone is 2. The van der Waals surface area contributed by atoms with Crippen molar-refractivity contribution in [3.05, 3.63) is 24.8 Å². The largest absolute Gasteiger partial charge is 0.295 e. The Morgan fingerprint density at radius 2 is 2.29 bits per heavy atom. The molecule has 1 unspecified atom stereocenters. The summed E-state index contributed by atoms with van der Waals surface area (Å²) in [5, 5.41) is 0. The quantitative estimate of drug-likeness (QED) is 0.494. The first-order valence-corrected chi connectivity index (χ1v) is 5.30. The van der Waals surface area contributed by atoms with E-state index in [1.165, 1.54) is 24.5 Å². The second-order valence-corrected chi connectivity index (χ2v) is 4.93. The monoisotopic (exact) mass is 192 g/mol. The maximum absolute atomic E-state index is 11.4. The third-order valence-electron chi connectivity index (χ3n) is 3.39. The molecule has 1 heteroatoms. The first-order chi connectivity index (χ1) is 6.47.